The van der Waals surface area contributed by atoms with Crippen LogP contribution in [0.15, 0.2) is 48.0 Å². The van der Waals surface area contributed by atoms with Gasteiger partial charge < -0.3 is 15.2 Å². The number of rotatable bonds is 10. The average molecular weight is 456 g/mol. The molecule has 0 saturated heterocycles. The van der Waals surface area contributed by atoms with Gasteiger partial charge in [0.1, 0.15) is 12.7 Å². The Labute approximate surface area is 167 Å². The number of aromatic nitrogens is 3. The fraction of sp³-hybridized carbons (Fsp3) is 0.500. The zero-order valence-electron chi connectivity index (χ0n) is 14.9. The monoisotopic (exact) mass is 456 g/mol. The van der Waals surface area contributed by atoms with Crippen molar-refractivity contribution in [2.45, 2.75) is 39.2 Å². The summed E-state index contributed by atoms with van der Waals surface area (Å²) in [5, 5.41) is 14.3. The molecule has 1 aromatic heterocycles. The van der Waals surface area contributed by atoms with Crippen molar-refractivity contribution in [1.82, 2.24) is 25.4 Å². The Bertz CT molecular complexity index is 571. The molecule has 2 N–H and O–H groups in total. The molecule has 7 heteroatoms. The lowest BCUT2D eigenvalue weighted by Gasteiger charge is -2.11. The molecule has 0 fully saturated rings. The zero-order valence-corrected chi connectivity index (χ0v) is 17.2. The normalized spacial score (nSPS) is 11.0. The molecule has 25 heavy (non-hydrogen) atoms. The molecule has 0 unspecified atom stereocenters. The van der Waals surface area contributed by atoms with E-state index in [1.165, 1.54) is 5.56 Å². The largest absolute Gasteiger partial charge is 0.357 e. The molecule has 2 rings (SSSR count). The van der Waals surface area contributed by atoms with Gasteiger partial charge in [-0.15, -0.1) is 34.2 Å². The first-order valence-electron chi connectivity index (χ1n) is 8.77. The maximum atomic E-state index is 4.65. The summed E-state index contributed by atoms with van der Waals surface area (Å²) in [6.07, 6.45) is 7.83. The van der Waals surface area contributed by atoms with Gasteiger partial charge in [0.2, 0.25) is 0 Å². The van der Waals surface area contributed by atoms with Crippen LogP contribution in [0.1, 0.15) is 31.7 Å². The van der Waals surface area contributed by atoms with E-state index in [4.69, 9.17) is 0 Å². The van der Waals surface area contributed by atoms with E-state index in [0.717, 1.165) is 57.8 Å². The second-order valence-corrected chi connectivity index (χ2v) is 5.68. The molecule has 0 spiro atoms. The minimum atomic E-state index is 0. The quantitative estimate of drug-likeness (QED) is 0.250. The number of nitrogens with one attached hydrogen (secondary N) is 2. The molecule has 1 heterocycles. The van der Waals surface area contributed by atoms with E-state index in [1.54, 1.807) is 12.7 Å². The summed E-state index contributed by atoms with van der Waals surface area (Å²) in [7, 11) is 0. The van der Waals surface area contributed by atoms with Gasteiger partial charge in [0.05, 0.1) is 0 Å². The Morgan fingerprint density at radius 1 is 1.04 bits per heavy atom. The van der Waals surface area contributed by atoms with Gasteiger partial charge in [-0.25, -0.2) is 0 Å². The molecule has 1 aromatic carbocycles. The van der Waals surface area contributed by atoms with Gasteiger partial charge in [0.25, 0.3) is 0 Å². The van der Waals surface area contributed by atoms with Crippen molar-refractivity contribution in [1.29, 1.82) is 0 Å². The lowest BCUT2D eigenvalue weighted by atomic mass is 10.1. The maximum absolute atomic E-state index is 4.65. The molecule has 0 radical (unpaired) electrons. The predicted octanol–water partition coefficient (Wildman–Crippen LogP) is 2.86. The maximum Gasteiger partial charge on any atom is 0.191 e. The smallest absolute Gasteiger partial charge is 0.191 e. The molecule has 0 amide bonds. The minimum Gasteiger partial charge on any atom is -0.357 e. The van der Waals surface area contributed by atoms with Crippen LogP contribution in [0.3, 0.4) is 0 Å². The van der Waals surface area contributed by atoms with Crippen LogP contribution >= 0.6 is 24.0 Å². The minimum absolute atomic E-state index is 0. The van der Waals surface area contributed by atoms with E-state index in [2.05, 4.69) is 63.1 Å². The highest BCUT2D eigenvalue weighted by Gasteiger charge is 1.98. The number of aryl methyl sites for hydroxylation is 2. The van der Waals surface area contributed by atoms with Crippen molar-refractivity contribution in [3.63, 3.8) is 0 Å². The highest BCUT2D eigenvalue weighted by molar-refractivity contribution is 14.0. The first-order chi connectivity index (χ1) is 11.9. The van der Waals surface area contributed by atoms with E-state index in [9.17, 15) is 0 Å². The molecule has 6 nitrogen and oxygen atoms in total. The highest BCUT2D eigenvalue weighted by Crippen LogP contribution is 2.02. The number of hydrogen-bond donors (Lipinski definition) is 2. The van der Waals surface area contributed by atoms with Crippen LogP contribution in [0.2, 0.25) is 0 Å². The van der Waals surface area contributed by atoms with E-state index < -0.39 is 0 Å². The number of hydrogen-bond acceptors (Lipinski definition) is 3. The van der Waals surface area contributed by atoms with Crippen LogP contribution in [0, 0.1) is 0 Å². The van der Waals surface area contributed by atoms with E-state index >= 15 is 0 Å². The van der Waals surface area contributed by atoms with E-state index in [1.807, 2.05) is 4.57 Å². The molecule has 138 valence electrons. The molecule has 0 bridgehead atoms. The summed E-state index contributed by atoms with van der Waals surface area (Å²) in [6, 6.07) is 10.6. The van der Waals surface area contributed by atoms with Crippen molar-refractivity contribution < 1.29 is 0 Å². The van der Waals surface area contributed by atoms with Crippen molar-refractivity contribution in [3.05, 3.63) is 48.5 Å². The highest BCUT2D eigenvalue weighted by atomic mass is 127. The van der Waals surface area contributed by atoms with Gasteiger partial charge >= 0.3 is 0 Å². The second kappa shape index (κ2) is 13.6. The first kappa shape index (κ1) is 21.4. The molecule has 0 aliphatic heterocycles. The molecule has 0 aliphatic rings. The van der Waals surface area contributed by atoms with Crippen LogP contribution in [0.4, 0.5) is 0 Å². The van der Waals surface area contributed by atoms with Crippen LogP contribution in [0.25, 0.3) is 0 Å². The molecular weight excluding hydrogens is 427 g/mol. The molecule has 0 aliphatic carbocycles. The summed E-state index contributed by atoms with van der Waals surface area (Å²) >= 11 is 0. The molecular formula is C18H29IN6. The summed E-state index contributed by atoms with van der Waals surface area (Å²) < 4.78 is 2.00. The third-order valence-corrected chi connectivity index (χ3v) is 3.68. The summed E-state index contributed by atoms with van der Waals surface area (Å²) in [4.78, 5) is 4.65. The number of guanidine groups is 1. The Morgan fingerprint density at radius 2 is 1.80 bits per heavy atom. The Balaban J connectivity index is 0.00000312. The lowest BCUT2D eigenvalue weighted by Crippen LogP contribution is -2.37. The number of benzene rings is 1. The third kappa shape index (κ3) is 9.42. The van der Waals surface area contributed by atoms with Crippen LogP contribution in [0.5, 0.6) is 0 Å². The van der Waals surface area contributed by atoms with Crippen molar-refractivity contribution in [3.8, 4) is 0 Å². The summed E-state index contributed by atoms with van der Waals surface area (Å²) in [5.74, 6) is 0.912. The van der Waals surface area contributed by atoms with E-state index in [-0.39, 0.29) is 24.0 Å². The van der Waals surface area contributed by atoms with Crippen LogP contribution < -0.4 is 10.6 Å². The van der Waals surface area contributed by atoms with Crippen LogP contribution in [-0.2, 0) is 13.0 Å². The lowest BCUT2D eigenvalue weighted by molar-refractivity contribution is 0.597. The number of aliphatic imine (C=N–C) groups is 1. The van der Waals surface area contributed by atoms with Crippen LogP contribution in [-0.4, -0.2) is 40.4 Å². The van der Waals surface area contributed by atoms with Gasteiger partial charge in [-0.2, -0.15) is 0 Å². The SMILES string of the molecule is CCNC(=NCCCc1ccccc1)NCCCCn1cnnc1.I. The first-order valence-corrected chi connectivity index (χ1v) is 8.77. The summed E-state index contributed by atoms with van der Waals surface area (Å²) in [6.45, 7) is 5.69. The van der Waals surface area contributed by atoms with Crippen molar-refractivity contribution >= 4 is 29.9 Å². The predicted molar refractivity (Wildman–Crippen MR) is 113 cm³/mol. The number of unbranched alkanes of at least 4 members (excludes halogenated alkanes) is 1. The number of halogens is 1. The molecule has 2 aromatic rings. The average Bonchev–Trinajstić information content (AvgIpc) is 3.12. The standard InChI is InChI=1S/C18H28N6.HI/c1-2-19-18(20-12-6-7-14-24-15-22-23-16-24)21-13-8-11-17-9-4-3-5-10-17;/h3-5,9-10,15-16H,2,6-8,11-14H2,1H3,(H2,19,20,21);1H. The van der Waals surface area contributed by atoms with E-state index in [0.29, 0.717) is 0 Å². The molecule has 0 atom stereocenters. The van der Waals surface area contributed by atoms with Gasteiger partial charge in [-0.1, -0.05) is 30.3 Å². The number of nitrogens with zero attached hydrogens (tertiary/aromatic N) is 4. The summed E-state index contributed by atoms with van der Waals surface area (Å²) in [5.41, 5.74) is 1.37. The third-order valence-electron chi connectivity index (χ3n) is 3.68. The van der Waals surface area contributed by atoms with Crippen molar-refractivity contribution in [2.75, 3.05) is 19.6 Å². The topological polar surface area (TPSA) is 67.1 Å². The Morgan fingerprint density at radius 3 is 2.52 bits per heavy atom. The Kier molecular flexibility index (Phi) is 11.7. The van der Waals surface area contributed by atoms with Gasteiger partial charge in [-0.05, 0) is 38.2 Å². The van der Waals surface area contributed by atoms with Gasteiger partial charge in [-0.3, -0.25) is 4.99 Å². The Hall–Kier alpha value is -1.64. The van der Waals surface area contributed by atoms with Gasteiger partial charge in [0.15, 0.2) is 5.96 Å². The van der Waals surface area contributed by atoms with Gasteiger partial charge in [0, 0.05) is 26.2 Å². The fourth-order valence-corrected chi connectivity index (χ4v) is 2.42. The van der Waals surface area contributed by atoms with Crippen molar-refractivity contribution in [2.24, 2.45) is 4.99 Å². The second-order valence-electron chi connectivity index (χ2n) is 5.68. The fourth-order valence-electron chi connectivity index (χ4n) is 2.42. The zero-order chi connectivity index (χ0) is 16.9. The molecule has 0 saturated carbocycles.